The molecule has 19 heavy (non-hydrogen) atoms. The molecule has 1 aliphatic rings. The number of pyridine rings is 1. The van der Waals surface area contributed by atoms with Crippen LogP contribution in [0.1, 0.15) is 35.3 Å². The number of halogens is 2. The highest BCUT2D eigenvalue weighted by Crippen LogP contribution is 2.42. The first-order chi connectivity index (χ1) is 9.16. The molecule has 1 aliphatic carbocycles. The monoisotopic (exact) mass is 321 g/mol. The van der Waals surface area contributed by atoms with Crippen LogP contribution in [0.2, 0.25) is 0 Å². The van der Waals surface area contributed by atoms with Crippen molar-refractivity contribution in [1.29, 1.82) is 0 Å². The lowest BCUT2D eigenvalue weighted by molar-refractivity contribution is 0.142. The van der Waals surface area contributed by atoms with Crippen molar-refractivity contribution in [3.05, 3.63) is 63.6 Å². The van der Waals surface area contributed by atoms with E-state index in [0.717, 1.165) is 18.5 Å². The second-order valence-electron chi connectivity index (χ2n) is 4.80. The molecule has 0 amide bonds. The van der Waals surface area contributed by atoms with Crippen LogP contribution >= 0.6 is 15.9 Å². The van der Waals surface area contributed by atoms with Crippen LogP contribution in [0, 0.1) is 5.82 Å². The van der Waals surface area contributed by atoms with Gasteiger partial charge in [-0.3, -0.25) is 4.98 Å². The molecule has 0 saturated carbocycles. The molecule has 0 spiro atoms. The zero-order valence-electron chi connectivity index (χ0n) is 10.2. The van der Waals surface area contributed by atoms with Crippen LogP contribution < -0.4 is 0 Å². The van der Waals surface area contributed by atoms with Gasteiger partial charge >= 0.3 is 0 Å². The summed E-state index contributed by atoms with van der Waals surface area (Å²) in [6.07, 6.45) is 2.90. The minimum atomic E-state index is -0.661. The van der Waals surface area contributed by atoms with E-state index in [-0.39, 0.29) is 11.7 Å². The smallest absolute Gasteiger partial charge is 0.124 e. The summed E-state index contributed by atoms with van der Waals surface area (Å²) in [6, 6.07) is 8.35. The summed E-state index contributed by atoms with van der Waals surface area (Å²) in [5.74, 6) is -0.328. The average Bonchev–Trinajstić information content (AvgIpc) is 2.82. The number of rotatable bonds is 2. The second kappa shape index (κ2) is 5.02. The van der Waals surface area contributed by atoms with E-state index in [1.54, 1.807) is 12.3 Å². The maximum Gasteiger partial charge on any atom is 0.124 e. The molecule has 2 nitrogen and oxygen atoms in total. The van der Waals surface area contributed by atoms with Crippen LogP contribution in [0.25, 0.3) is 0 Å². The van der Waals surface area contributed by atoms with Gasteiger partial charge < -0.3 is 5.11 Å². The molecule has 0 fully saturated rings. The highest BCUT2D eigenvalue weighted by atomic mass is 79.9. The Hall–Kier alpha value is -1.26. The summed E-state index contributed by atoms with van der Waals surface area (Å²) in [4.78, 5) is 4.39. The third-order valence-electron chi connectivity index (χ3n) is 3.66. The number of aliphatic hydroxyl groups excluding tert-OH is 1. The standard InChI is InChI=1S/C15H13BrFNO/c16-13-8-10(17)4-6-11(13)15(19)12-5-3-9-2-1-7-18-14(9)12/h1-2,4,6-8,12,15,19H,3,5H2. The fraction of sp³-hybridized carbons (Fsp3) is 0.267. The van der Waals surface area contributed by atoms with Crippen LogP contribution in [0.4, 0.5) is 4.39 Å². The molecule has 98 valence electrons. The van der Waals surface area contributed by atoms with Gasteiger partial charge in [-0.05, 0) is 42.2 Å². The number of hydrogen-bond donors (Lipinski definition) is 1. The molecule has 1 heterocycles. The van der Waals surface area contributed by atoms with Crippen molar-refractivity contribution < 1.29 is 9.50 Å². The Balaban J connectivity index is 1.95. The topological polar surface area (TPSA) is 33.1 Å². The number of hydrogen-bond acceptors (Lipinski definition) is 2. The Morgan fingerprint density at radius 3 is 3.00 bits per heavy atom. The van der Waals surface area contributed by atoms with Crippen LogP contribution in [-0.4, -0.2) is 10.1 Å². The lowest BCUT2D eigenvalue weighted by atomic mass is 9.93. The Morgan fingerprint density at radius 2 is 2.21 bits per heavy atom. The quantitative estimate of drug-likeness (QED) is 0.913. The number of fused-ring (bicyclic) bond motifs is 1. The third kappa shape index (κ3) is 2.30. The Labute approximate surface area is 119 Å². The van der Waals surface area contributed by atoms with Crippen molar-refractivity contribution in [3.8, 4) is 0 Å². The maximum atomic E-state index is 13.1. The predicted octanol–water partition coefficient (Wildman–Crippen LogP) is 3.75. The summed E-state index contributed by atoms with van der Waals surface area (Å²) in [7, 11) is 0. The molecule has 2 unspecified atom stereocenters. The zero-order valence-corrected chi connectivity index (χ0v) is 11.8. The van der Waals surface area contributed by atoms with Gasteiger partial charge in [0.15, 0.2) is 0 Å². The van der Waals surface area contributed by atoms with Gasteiger partial charge in [0.1, 0.15) is 5.82 Å². The summed E-state index contributed by atoms with van der Waals surface area (Å²) in [5, 5.41) is 10.5. The van der Waals surface area contributed by atoms with Gasteiger partial charge in [0, 0.05) is 22.3 Å². The third-order valence-corrected chi connectivity index (χ3v) is 4.35. The molecule has 1 aromatic heterocycles. The van der Waals surface area contributed by atoms with Crippen molar-refractivity contribution in [3.63, 3.8) is 0 Å². The van der Waals surface area contributed by atoms with Crippen molar-refractivity contribution >= 4 is 15.9 Å². The molecule has 0 saturated heterocycles. The molecule has 2 aromatic rings. The van der Waals surface area contributed by atoms with Crippen LogP contribution in [0.15, 0.2) is 41.0 Å². The first-order valence-corrected chi connectivity index (χ1v) is 7.03. The Morgan fingerprint density at radius 1 is 1.37 bits per heavy atom. The molecular formula is C15H13BrFNO. The minimum Gasteiger partial charge on any atom is -0.388 e. The minimum absolute atomic E-state index is 0.0158. The van der Waals surface area contributed by atoms with E-state index in [0.29, 0.717) is 10.0 Å². The van der Waals surface area contributed by atoms with E-state index in [4.69, 9.17) is 0 Å². The normalized spacial score (nSPS) is 19.2. The Kier molecular flexibility index (Phi) is 3.37. The average molecular weight is 322 g/mol. The van der Waals surface area contributed by atoms with Gasteiger partial charge in [-0.25, -0.2) is 4.39 Å². The molecular weight excluding hydrogens is 309 g/mol. The van der Waals surface area contributed by atoms with Crippen LogP contribution in [0.3, 0.4) is 0 Å². The number of aryl methyl sites for hydroxylation is 1. The molecule has 3 rings (SSSR count). The lowest BCUT2D eigenvalue weighted by Gasteiger charge is -2.20. The molecule has 0 radical (unpaired) electrons. The van der Waals surface area contributed by atoms with E-state index in [1.165, 1.54) is 17.7 Å². The molecule has 0 bridgehead atoms. The fourth-order valence-corrected chi connectivity index (χ4v) is 3.29. The van der Waals surface area contributed by atoms with Gasteiger partial charge in [-0.1, -0.05) is 28.1 Å². The maximum absolute atomic E-state index is 13.1. The van der Waals surface area contributed by atoms with Crippen molar-refractivity contribution in [2.75, 3.05) is 0 Å². The largest absolute Gasteiger partial charge is 0.388 e. The van der Waals surface area contributed by atoms with Crippen LogP contribution in [-0.2, 0) is 6.42 Å². The molecule has 4 heteroatoms. The Bertz CT molecular complexity index is 617. The predicted molar refractivity (Wildman–Crippen MR) is 74.4 cm³/mol. The highest BCUT2D eigenvalue weighted by Gasteiger charge is 2.31. The summed E-state index contributed by atoms with van der Waals surface area (Å²) < 4.78 is 13.7. The van der Waals surface area contributed by atoms with Crippen molar-refractivity contribution in [2.45, 2.75) is 24.9 Å². The molecule has 2 atom stereocenters. The van der Waals surface area contributed by atoms with Gasteiger partial charge in [-0.15, -0.1) is 0 Å². The molecule has 1 N–H and O–H groups in total. The number of aliphatic hydroxyl groups is 1. The molecule has 1 aromatic carbocycles. The lowest BCUT2D eigenvalue weighted by Crippen LogP contribution is -2.10. The van der Waals surface area contributed by atoms with Crippen LogP contribution in [0.5, 0.6) is 0 Å². The van der Waals surface area contributed by atoms with Gasteiger partial charge in [0.25, 0.3) is 0 Å². The fourth-order valence-electron chi connectivity index (χ4n) is 2.71. The number of nitrogens with zero attached hydrogens (tertiary/aromatic N) is 1. The summed E-state index contributed by atoms with van der Waals surface area (Å²) in [5.41, 5.74) is 2.88. The first kappa shape index (κ1) is 12.8. The van der Waals surface area contributed by atoms with Crippen molar-refractivity contribution in [2.24, 2.45) is 0 Å². The second-order valence-corrected chi connectivity index (χ2v) is 5.66. The van der Waals surface area contributed by atoms with E-state index < -0.39 is 6.10 Å². The molecule has 0 aliphatic heterocycles. The SMILES string of the molecule is OC(c1ccc(F)cc1Br)C1CCc2cccnc21. The van der Waals surface area contributed by atoms with Gasteiger partial charge in [-0.2, -0.15) is 0 Å². The highest BCUT2D eigenvalue weighted by molar-refractivity contribution is 9.10. The first-order valence-electron chi connectivity index (χ1n) is 6.23. The van der Waals surface area contributed by atoms with E-state index >= 15 is 0 Å². The summed E-state index contributed by atoms with van der Waals surface area (Å²) >= 11 is 3.31. The number of aromatic nitrogens is 1. The van der Waals surface area contributed by atoms with Gasteiger partial charge in [0.2, 0.25) is 0 Å². The zero-order chi connectivity index (χ0) is 13.4. The van der Waals surface area contributed by atoms with Crippen molar-refractivity contribution in [1.82, 2.24) is 4.98 Å². The summed E-state index contributed by atoms with van der Waals surface area (Å²) in [6.45, 7) is 0. The number of benzene rings is 1. The van der Waals surface area contributed by atoms with E-state index in [1.807, 2.05) is 6.07 Å². The van der Waals surface area contributed by atoms with Gasteiger partial charge in [0.05, 0.1) is 6.10 Å². The van der Waals surface area contributed by atoms with E-state index in [9.17, 15) is 9.50 Å². The van der Waals surface area contributed by atoms with E-state index in [2.05, 4.69) is 27.0 Å².